The Labute approximate surface area is 110 Å². The second-order valence-electron chi connectivity index (χ2n) is 3.08. The Balaban J connectivity index is 0. The average molecular weight is 324 g/mol. The van der Waals surface area contributed by atoms with E-state index in [0.29, 0.717) is 0 Å². The van der Waals surface area contributed by atoms with Crippen LogP contribution in [0.25, 0.3) is 0 Å². The maximum Gasteiger partial charge on any atom is 0.304 e. The van der Waals surface area contributed by atoms with Crippen molar-refractivity contribution in [2.75, 3.05) is 26.1 Å². The highest BCUT2D eigenvalue weighted by Gasteiger charge is 2.32. The van der Waals surface area contributed by atoms with Crippen LogP contribution in [-0.4, -0.2) is 74.0 Å². The molecule has 0 fully saturated rings. The van der Waals surface area contributed by atoms with Gasteiger partial charge in [-0.25, -0.2) is 0 Å². The second-order valence-corrected chi connectivity index (χ2v) is 6.56. The van der Waals surface area contributed by atoms with Crippen molar-refractivity contribution in [3.8, 4) is 0 Å². The summed E-state index contributed by atoms with van der Waals surface area (Å²) < 4.78 is 55.4. The molecule has 0 radical (unpaired) electrons. The molecule has 4 N–H and O–H groups in total. The van der Waals surface area contributed by atoms with Crippen LogP contribution in [0.1, 0.15) is 6.42 Å². The van der Waals surface area contributed by atoms with Crippen LogP contribution in [0.5, 0.6) is 0 Å². The minimum atomic E-state index is -4.58. The number of carbonyl (C=O) groups is 1. The highest BCUT2D eigenvalue weighted by molar-refractivity contribution is 7.90. The number of rotatable bonds is 7. The van der Waals surface area contributed by atoms with Gasteiger partial charge >= 0.3 is 5.97 Å². The zero-order chi connectivity index (χ0) is 15.7. The van der Waals surface area contributed by atoms with Gasteiger partial charge in [0, 0.05) is 0 Å². The van der Waals surface area contributed by atoms with Gasteiger partial charge in [0.1, 0.15) is 5.25 Å². The van der Waals surface area contributed by atoms with Gasteiger partial charge in [0.05, 0.1) is 32.5 Å². The van der Waals surface area contributed by atoms with Crippen molar-refractivity contribution < 1.29 is 45.7 Å². The molecule has 0 aliphatic carbocycles. The predicted molar refractivity (Wildman–Crippen MR) is 62.6 cm³/mol. The van der Waals surface area contributed by atoms with Crippen LogP contribution in [0.3, 0.4) is 0 Å². The third-order valence-electron chi connectivity index (χ3n) is 1.54. The summed E-state index contributed by atoms with van der Waals surface area (Å²) >= 11 is 0. The highest BCUT2D eigenvalue weighted by atomic mass is 32.2. The minimum absolute atomic E-state index is 0.125. The number of carboxylic acids is 1. The van der Waals surface area contributed by atoms with Gasteiger partial charge in [-0.05, 0) is 0 Å². The molecule has 0 aromatic rings. The summed E-state index contributed by atoms with van der Waals surface area (Å²) in [5, 5.41) is 21.8. The summed E-state index contributed by atoms with van der Waals surface area (Å²) in [5.74, 6) is -2.72. The fourth-order valence-electron chi connectivity index (χ4n) is 0.810. The first-order valence-corrected chi connectivity index (χ1v) is 7.76. The molecular formula is C7H16O10S2. The molecule has 12 heteroatoms. The zero-order valence-corrected chi connectivity index (χ0v) is 11.6. The molecule has 19 heavy (non-hydrogen) atoms. The van der Waals surface area contributed by atoms with Crippen molar-refractivity contribution in [1.29, 1.82) is 0 Å². The molecule has 1 atom stereocenters. The third kappa shape index (κ3) is 12.0. The van der Waals surface area contributed by atoms with Crippen molar-refractivity contribution >= 4 is 26.2 Å². The van der Waals surface area contributed by atoms with Crippen LogP contribution < -0.4 is 0 Å². The first-order chi connectivity index (χ1) is 8.50. The van der Waals surface area contributed by atoms with Crippen molar-refractivity contribution in [3.63, 3.8) is 0 Å². The summed E-state index contributed by atoms with van der Waals surface area (Å²) in [7, 11) is -8.12. The Hall–Kier alpha value is -0.790. The number of carboxylic acid groups (broad SMARTS) is 1. The van der Waals surface area contributed by atoms with Gasteiger partial charge in [-0.3, -0.25) is 13.5 Å². The van der Waals surface area contributed by atoms with E-state index in [1.165, 1.54) is 0 Å². The number of hydrogen-bond donors (Lipinski definition) is 4. The van der Waals surface area contributed by atoms with E-state index in [2.05, 4.69) is 4.18 Å². The molecule has 0 aliphatic heterocycles. The van der Waals surface area contributed by atoms with Crippen LogP contribution in [0, 0.1) is 0 Å². The predicted octanol–water partition coefficient (Wildman–Crippen LogP) is -2.34. The Morgan fingerprint density at radius 2 is 1.58 bits per heavy atom. The molecule has 0 bridgehead atoms. The lowest BCUT2D eigenvalue weighted by atomic mass is 10.3. The molecule has 0 aliphatic rings. The van der Waals surface area contributed by atoms with E-state index < -0.39 is 43.6 Å². The topological polar surface area (TPSA) is 175 Å². The van der Waals surface area contributed by atoms with E-state index in [9.17, 15) is 21.6 Å². The van der Waals surface area contributed by atoms with Crippen molar-refractivity contribution in [1.82, 2.24) is 0 Å². The van der Waals surface area contributed by atoms with Crippen LogP contribution in [-0.2, 0) is 29.2 Å². The van der Waals surface area contributed by atoms with Crippen LogP contribution in [0.4, 0.5) is 0 Å². The van der Waals surface area contributed by atoms with Crippen LogP contribution >= 0.6 is 0 Å². The molecule has 0 saturated carbocycles. The molecule has 10 nitrogen and oxygen atoms in total. The summed E-state index contributed by atoms with van der Waals surface area (Å²) in [6, 6.07) is 0. The lowest BCUT2D eigenvalue weighted by molar-refractivity contribution is -0.136. The van der Waals surface area contributed by atoms with Crippen molar-refractivity contribution in [2.24, 2.45) is 0 Å². The largest absolute Gasteiger partial charge is 0.481 e. The van der Waals surface area contributed by atoms with Gasteiger partial charge in [0.15, 0.2) is 0 Å². The number of aliphatic hydroxyl groups excluding tert-OH is 2. The maximum atomic E-state index is 11.1. The number of aliphatic carboxylic acids is 1. The summed E-state index contributed by atoms with van der Waals surface area (Å²) in [6.45, 7) is -0.250. The lowest BCUT2D eigenvalue weighted by Gasteiger charge is -2.11. The standard InChI is InChI=1S/C5H10O8S2.C2H6O2/c1-13-15(11,12)4(2-5(6)7)3-14(8,9)10;3-1-2-4/h4H,2-3H2,1H3,(H,6,7)(H,8,9,10);3-4H,1-2H2. The SMILES string of the molecule is COS(=O)(=O)C(CC(=O)O)CS(=O)(=O)O.OCCO. The molecular weight excluding hydrogens is 308 g/mol. The molecule has 1 unspecified atom stereocenters. The van der Waals surface area contributed by atoms with E-state index >= 15 is 0 Å². The zero-order valence-electron chi connectivity index (χ0n) is 9.96. The fourth-order valence-corrected chi connectivity index (χ4v) is 3.20. The van der Waals surface area contributed by atoms with E-state index in [0.717, 1.165) is 7.11 Å². The van der Waals surface area contributed by atoms with E-state index in [1.807, 2.05) is 0 Å². The molecule has 0 amide bonds. The second kappa shape index (κ2) is 9.17. The lowest BCUT2D eigenvalue weighted by Crippen LogP contribution is -2.32. The molecule has 0 rings (SSSR count). The monoisotopic (exact) mass is 324 g/mol. The van der Waals surface area contributed by atoms with Crippen molar-refractivity contribution in [3.05, 3.63) is 0 Å². The van der Waals surface area contributed by atoms with Gasteiger partial charge in [-0.1, -0.05) is 0 Å². The normalized spacial score (nSPS) is 13.3. The van der Waals surface area contributed by atoms with E-state index in [-0.39, 0.29) is 13.2 Å². The Bertz CT molecular complexity index is 448. The van der Waals surface area contributed by atoms with Gasteiger partial charge in [0.25, 0.3) is 20.2 Å². The van der Waals surface area contributed by atoms with Crippen LogP contribution in [0.2, 0.25) is 0 Å². The Morgan fingerprint density at radius 1 is 1.16 bits per heavy atom. The minimum Gasteiger partial charge on any atom is -0.481 e. The summed E-state index contributed by atoms with van der Waals surface area (Å²) in [4.78, 5) is 10.3. The highest BCUT2D eigenvalue weighted by Crippen LogP contribution is 2.10. The van der Waals surface area contributed by atoms with Gasteiger partial charge in [-0.2, -0.15) is 16.8 Å². The molecule has 0 heterocycles. The average Bonchev–Trinajstić information content (AvgIpc) is 2.26. The smallest absolute Gasteiger partial charge is 0.304 e. The fraction of sp³-hybridized carbons (Fsp3) is 0.857. The summed E-state index contributed by atoms with van der Waals surface area (Å²) in [5.41, 5.74) is 0. The maximum absolute atomic E-state index is 11.1. The molecule has 0 saturated heterocycles. The number of aliphatic hydroxyl groups is 2. The van der Waals surface area contributed by atoms with E-state index in [1.54, 1.807) is 0 Å². The van der Waals surface area contributed by atoms with Gasteiger partial charge in [-0.15, -0.1) is 0 Å². The quantitative estimate of drug-likeness (QED) is 0.293. The number of hydrogen-bond acceptors (Lipinski definition) is 8. The van der Waals surface area contributed by atoms with E-state index in [4.69, 9.17) is 19.9 Å². The van der Waals surface area contributed by atoms with Crippen LogP contribution in [0.15, 0.2) is 0 Å². The molecule has 0 aromatic heterocycles. The van der Waals surface area contributed by atoms with Gasteiger partial charge < -0.3 is 15.3 Å². The third-order valence-corrected chi connectivity index (χ3v) is 4.19. The molecule has 116 valence electrons. The summed E-state index contributed by atoms with van der Waals surface area (Å²) in [6.07, 6.45) is -0.962. The first-order valence-electron chi connectivity index (χ1n) is 4.68. The Morgan fingerprint density at radius 3 is 1.79 bits per heavy atom. The van der Waals surface area contributed by atoms with Gasteiger partial charge in [0.2, 0.25) is 0 Å². The molecule has 0 aromatic carbocycles. The first kappa shape index (κ1) is 20.5. The Kier molecular flexibility index (Phi) is 9.90. The van der Waals surface area contributed by atoms with Crippen molar-refractivity contribution in [2.45, 2.75) is 11.7 Å². The molecule has 0 spiro atoms.